The molecule has 2 rings (SSSR count). The van der Waals surface area contributed by atoms with Crippen molar-refractivity contribution < 1.29 is 0 Å². The minimum absolute atomic E-state index is 0.889. The molecule has 1 saturated heterocycles. The number of hydrogen-bond donors (Lipinski definition) is 0. The Labute approximate surface area is 50.7 Å². The molecule has 0 aromatic carbocycles. The van der Waals surface area contributed by atoms with Gasteiger partial charge in [-0.05, 0) is 32.2 Å². The van der Waals surface area contributed by atoms with Crippen LogP contribution in [0.3, 0.4) is 0 Å². The van der Waals surface area contributed by atoms with Gasteiger partial charge >= 0.3 is 0 Å². The van der Waals surface area contributed by atoms with Crippen LogP contribution in [0.5, 0.6) is 0 Å². The standard InChI is InChI=1S/C7H13N/c1-5-7-3-6(7)4-8(5)2/h5-7H,3-4H2,1-2H3/t5-,6?,7?/m0/s1. The van der Waals surface area contributed by atoms with Crippen molar-refractivity contribution in [2.45, 2.75) is 19.4 Å². The van der Waals surface area contributed by atoms with Gasteiger partial charge in [0.05, 0.1) is 0 Å². The lowest BCUT2D eigenvalue weighted by molar-refractivity contribution is 0.287. The first kappa shape index (κ1) is 4.80. The zero-order valence-electron chi connectivity index (χ0n) is 5.59. The summed E-state index contributed by atoms with van der Waals surface area (Å²) in [6.07, 6.45) is 1.52. The summed E-state index contributed by atoms with van der Waals surface area (Å²) in [6.45, 7) is 3.71. The van der Waals surface area contributed by atoms with Gasteiger partial charge < -0.3 is 4.90 Å². The Balaban J connectivity index is 2.08. The highest BCUT2D eigenvalue weighted by molar-refractivity contribution is 5.00. The van der Waals surface area contributed by atoms with E-state index in [9.17, 15) is 0 Å². The van der Waals surface area contributed by atoms with Crippen molar-refractivity contribution in [3.63, 3.8) is 0 Å². The molecular weight excluding hydrogens is 98.1 g/mol. The van der Waals surface area contributed by atoms with E-state index in [0.717, 1.165) is 17.9 Å². The molecule has 1 heteroatoms. The van der Waals surface area contributed by atoms with E-state index < -0.39 is 0 Å². The average Bonchev–Trinajstić information content (AvgIpc) is 2.39. The van der Waals surface area contributed by atoms with Gasteiger partial charge in [0.2, 0.25) is 0 Å². The zero-order chi connectivity index (χ0) is 5.72. The highest BCUT2D eigenvalue weighted by Gasteiger charge is 2.48. The first-order chi connectivity index (χ1) is 3.79. The molecule has 0 amide bonds. The van der Waals surface area contributed by atoms with E-state index in [1.165, 1.54) is 13.0 Å². The molecular formula is C7H13N. The van der Waals surface area contributed by atoms with Crippen molar-refractivity contribution in [1.29, 1.82) is 0 Å². The molecule has 0 N–H and O–H groups in total. The van der Waals surface area contributed by atoms with Gasteiger partial charge in [-0.3, -0.25) is 0 Å². The van der Waals surface area contributed by atoms with Crippen molar-refractivity contribution in [2.24, 2.45) is 11.8 Å². The van der Waals surface area contributed by atoms with E-state index in [2.05, 4.69) is 18.9 Å². The molecule has 0 bridgehead atoms. The Bertz CT molecular complexity index is 109. The van der Waals surface area contributed by atoms with E-state index in [-0.39, 0.29) is 0 Å². The van der Waals surface area contributed by atoms with Crippen LogP contribution in [0.4, 0.5) is 0 Å². The number of fused-ring (bicyclic) bond motifs is 1. The number of likely N-dealkylation sites (tertiary alicyclic amines) is 1. The van der Waals surface area contributed by atoms with Gasteiger partial charge in [0.25, 0.3) is 0 Å². The second-order valence-electron chi connectivity index (χ2n) is 3.34. The SMILES string of the molecule is C[C@H]1C2CC2CN1C. The molecule has 2 fully saturated rings. The normalized spacial score (nSPS) is 54.0. The Morgan fingerprint density at radius 2 is 2.25 bits per heavy atom. The summed E-state index contributed by atoms with van der Waals surface area (Å²) >= 11 is 0. The Hall–Kier alpha value is -0.0400. The van der Waals surface area contributed by atoms with Gasteiger partial charge in [0, 0.05) is 12.6 Å². The molecule has 0 spiro atoms. The molecule has 46 valence electrons. The van der Waals surface area contributed by atoms with Gasteiger partial charge in [0.1, 0.15) is 0 Å². The van der Waals surface area contributed by atoms with Gasteiger partial charge in [-0.25, -0.2) is 0 Å². The van der Waals surface area contributed by atoms with Crippen LogP contribution in [0.15, 0.2) is 0 Å². The topological polar surface area (TPSA) is 3.24 Å². The van der Waals surface area contributed by atoms with Gasteiger partial charge in [0.15, 0.2) is 0 Å². The molecule has 1 heterocycles. The van der Waals surface area contributed by atoms with Crippen LogP contribution in [0.1, 0.15) is 13.3 Å². The maximum atomic E-state index is 2.47. The summed E-state index contributed by atoms with van der Waals surface area (Å²) in [7, 11) is 2.23. The molecule has 0 aromatic rings. The van der Waals surface area contributed by atoms with Crippen molar-refractivity contribution >= 4 is 0 Å². The molecule has 2 aliphatic rings. The summed E-state index contributed by atoms with van der Waals surface area (Å²) in [4.78, 5) is 2.47. The van der Waals surface area contributed by atoms with Crippen molar-refractivity contribution in [1.82, 2.24) is 4.90 Å². The monoisotopic (exact) mass is 111 g/mol. The quantitative estimate of drug-likeness (QED) is 0.450. The maximum absolute atomic E-state index is 2.47. The summed E-state index contributed by atoms with van der Waals surface area (Å²) in [5.74, 6) is 2.18. The molecule has 0 aromatic heterocycles. The van der Waals surface area contributed by atoms with Crippen LogP contribution >= 0.6 is 0 Å². The molecule has 3 atom stereocenters. The smallest absolute Gasteiger partial charge is 0.00955 e. The van der Waals surface area contributed by atoms with Crippen LogP contribution in [0.2, 0.25) is 0 Å². The lowest BCUT2D eigenvalue weighted by Crippen LogP contribution is -2.25. The number of piperidine rings is 1. The Kier molecular flexibility index (Phi) is 0.762. The number of nitrogens with zero attached hydrogens (tertiary/aromatic N) is 1. The molecule has 0 radical (unpaired) electrons. The zero-order valence-corrected chi connectivity index (χ0v) is 5.59. The lowest BCUT2D eigenvalue weighted by atomic mass is 10.2. The number of rotatable bonds is 0. The molecule has 1 aliphatic carbocycles. The molecule has 1 nitrogen and oxygen atoms in total. The van der Waals surface area contributed by atoms with E-state index in [4.69, 9.17) is 0 Å². The van der Waals surface area contributed by atoms with Gasteiger partial charge in [-0.1, -0.05) is 0 Å². The van der Waals surface area contributed by atoms with Crippen LogP contribution in [-0.4, -0.2) is 24.5 Å². The van der Waals surface area contributed by atoms with Crippen LogP contribution in [0, 0.1) is 11.8 Å². The average molecular weight is 111 g/mol. The molecule has 1 aliphatic heterocycles. The summed E-state index contributed by atoms with van der Waals surface area (Å²) < 4.78 is 0. The Morgan fingerprint density at radius 1 is 1.50 bits per heavy atom. The van der Waals surface area contributed by atoms with Gasteiger partial charge in [-0.15, -0.1) is 0 Å². The van der Waals surface area contributed by atoms with Crippen LogP contribution in [-0.2, 0) is 0 Å². The molecule has 2 unspecified atom stereocenters. The summed E-state index contributed by atoms with van der Waals surface area (Å²) in [5.41, 5.74) is 0. The third-order valence-electron chi connectivity index (χ3n) is 2.81. The molecule has 8 heavy (non-hydrogen) atoms. The van der Waals surface area contributed by atoms with E-state index in [1.54, 1.807) is 0 Å². The summed E-state index contributed by atoms with van der Waals surface area (Å²) in [6, 6.07) is 0.889. The largest absolute Gasteiger partial charge is 0.303 e. The lowest BCUT2D eigenvalue weighted by Gasteiger charge is -2.16. The van der Waals surface area contributed by atoms with E-state index in [1.807, 2.05) is 0 Å². The maximum Gasteiger partial charge on any atom is 0.00955 e. The highest BCUT2D eigenvalue weighted by atomic mass is 15.2. The minimum Gasteiger partial charge on any atom is -0.303 e. The first-order valence-electron chi connectivity index (χ1n) is 3.49. The minimum atomic E-state index is 0.889. The fourth-order valence-corrected chi connectivity index (χ4v) is 1.93. The molecule has 1 saturated carbocycles. The Morgan fingerprint density at radius 3 is 2.50 bits per heavy atom. The fourth-order valence-electron chi connectivity index (χ4n) is 1.93. The van der Waals surface area contributed by atoms with Crippen molar-refractivity contribution in [3.05, 3.63) is 0 Å². The third-order valence-corrected chi connectivity index (χ3v) is 2.81. The first-order valence-corrected chi connectivity index (χ1v) is 3.49. The predicted molar refractivity (Wildman–Crippen MR) is 33.7 cm³/mol. The second kappa shape index (κ2) is 1.27. The van der Waals surface area contributed by atoms with Crippen molar-refractivity contribution in [2.75, 3.05) is 13.6 Å². The second-order valence-corrected chi connectivity index (χ2v) is 3.34. The van der Waals surface area contributed by atoms with Crippen LogP contribution in [0.25, 0.3) is 0 Å². The van der Waals surface area contributed by atoms with E-state index >= 15 is 0 Å². The fraction of sp³-hybridized carbons (Fsp3) is 1.00. The highest BCUT2D eigenvalue weighted by Crippen LogP contribution is 2.48. The summed E-state index contributed by atoms with van der Waals surface area (Å²) in [5, 5.41) is 0. The van der Waals surface area contributed by atoms with Crippen molar-refractivity contribution in [3.8, 4) is 0 Å². The van der Waals surface area contributed by atoms with Gasteiger partial charge in [-0.2, -0.15) is 0 Å². The third kappa shape index (κ3) is 0.455. The van der Waals surface area contributed by atoms with E-state index in [0.29, 0.717) is 0 Å². The predicted octanol–water partition coefficient (Wildman–Crippen LogP) is 0.956. The van der Waals surface area contributed by atoms with Crippen LogP contribution < -0.4 is 0 Å². The number of hydrogen-bond acceptors (Lipinski definition) is 1.